The minimum absolute atomic E-state index is 0.00353. The molecule has 8 nitrogen and oxygen atoms in total. The summed E-state index contributed by atoms with van der Waals surface area (Å²) in [6.07, 6.45) is 2.77. The average molecular weight is 443 g/mol. The van der Waals surface area contributed by atoms with Crippen molar-refractivity contribution < 1.29 is 18.0 Å². The molecule has 0 spiro atoms. The van der Waals surface area contributed by atoms with E-state index in [0.717, 1.165) is 5.69 Å². The third-order valence-corrected chi connectivity index (χ3v) is 6.64. The number of hydrogen-bond acceptors (Lipinski definition) is 5. The summed E-state index contributed by atoms with van der Waals surface area (Å²) in [4.78, 5) is 26.4. The van der Waals surface area contributed by atoms with Crippen molar-refractivity contribution in [2.45, 2.75) is 17.7 Å². The maximum Gasteiger partial charge on any atom is 0.255 e. The molecule has 2 amide bonds. The molecule has 0 atom stereocenters. The quantitative estimate of drug-likeness (QED) is 0.541. The molecule has 1 aliphatic heterocycles. The highest BCUT2D eigenvalue weighted by atomic mass is 32.2. The van der Waals surface area contributed by atoms with Crippen LogP contribution >= 0.6 is 0 Å². The van der Waals surface area contributed by atoms with E-state index < -0.39 is 15.9 Å². The van der Waals surface area contributed by atoms with Crippen molar-refractivity contribution in [3.05, 3.63) is 66.7 Å². The van der Waals surface area contributed by atoms with Crippen LogP contribution in [0.1, 0.15) is 23.2 Å². The Kier molecular flexibility index (Phi) is 7.09. The Morgan fingerprint density at radius 1 is 1.13 bits per heavy atom. The molecule has 0 unspecified atom stereocenters. The van der Waals surface area contributed by atoms with E-state index >= 15 is 0 Å². The molecular formula is C22H26N4O4S. The minimum Gasteiger partial charge on any atom is -0.370 e. The normalized spacial score (nSPS) is 14.8. The lowest BCUT2D eigenvalue weighted by atomic mass is 9.96. The number of carbonyl (C=O) groups is 2. The number of nitrogens with two attached hydrogens (primary N) is 1. The number of primary amides is 1. The van der Waals surface area contributed by atoms with Crippen molar-refractivity contribution in [1.29, 1.82) is 0 Å². The minimum atomic E-state index is -3.74. The largest absolute Gasteiger partial charge is 0.370 e. The number of nitrogens with one attached hydrogen (secondary N) is 2. The number of piperidine rings is 1. The number of hydrogen-bond donors (Lipinski definition) is 3. The second kappa shape index (κ2) is 9.76. The maximum absolute atomic E-state index is 12.9. The fraction of sp³-hybridized carbons (Fsp3) is 0.273. The molecule has 1 aliphatic rings. The maximum atomic E-state index is 12.9. The van der Waals surface area contributed by atoms with Gasteiger partial charge >= 0.3 is 0 Å². The first-order valence-electron chi connectivity index (χ1n) is 9.97. The molecule has 1 fully saturated rings. The highest BCUT2D eigenvalue weighted by molar-refractivity contribution is 7.89. The third kappa shape index (κ3) is 5.50. The van der Waals surface area contributed by atoms with Gasteiger partial charge in [-0.3, -0.25) is 9.59 Å². The highest BCUT2D eigenvalue weighted by Crippen LogP contribution is 2.30. The van der Waals surface area contributed by atoms with Crippen LogP contribution in [0.3, 0.4) is 0 Å². The predicted molar refractivity (Wildman–Crippen MR) is 120 cm³/mol. The lowest BCUT2D eigenvalue weighted by molar-refractivity contribution is -0.122. The number of benzene rings is 2. The molecule has 3 rings (SSSR count). The zero-order valence-electron chi connectivity index (χ0n) is 17.1. The van der Waals surface area contributed by atoms with E-state index in [1.807, 2.05) is 18.2 Å². The van der Waals surface area contributed by atoms with E-state index in [1.54, 1.807) is 12.1 Å². The predicted octanol–water partition coefficient (Wildman–Crippen LogP) is 2.10. The monoisotopic (exact) mass is 442 g/mol. The van der Waals surface area contributed by atoms with Crippen LogP contribution in [0.5, 0.6) is 0 Å². The van der Waals surface area contributed by atoms with Gasteiger partial charge in [-0.2, -0.15) is 0 Å². The van der Waals surface area contributed by atoms with Crippen molar-refractivity contribution in [2.75, 3.05) is 29.9 Å². The lowest BCUT2D eigenvalue weighted by Crippen LogP contribution is -2.38. The van der Waals surface area contributed by atoms with Crippen molar-refractivity contribution in [3.63, 3.8) is 0 Å². The summed E-state index contributed by atoms with van der Waals surface area (Å²) in [5.41, 5.74) is 7.10. The van der Waals surface area contributed by atoms with E-state index in [0.29, 0.717) is 31.6 Å². The van der Waals surface area contributed by atoms with Crippen LogP contribution < -0.4 is 20.7 Å². The molecule has 9 heteroatoms. The fourth-order valence-corrected chi connectivity index (χ4v) is 4.55. The molecule has 0 bridgehead atoms. The highest BCUT2D eigenvalue weighted by Gasteiger charge is 2.25. The number of rotatable bonds is 8. The number of carbonyl (C=O) groups excluding carboxylic acids is 2. The second-order valence-electron chi connectivity index (χ2n) is 7.30. The van der Waals surface area contributed by atoms with Crippen LogP contribution in [-0.2, 0) is 14.8 Å². The van der Waals surface area contributed by atoms with Gasteiger partial charge in [-0.05, 0) is 43.2 Å². The number of para-hydroxylation sites is 2. The van der Waals surface area contributed by atoms with Crippen LogP contribution in [0, 0.1) is 5.92 Å². The van der Waals surface area contributed by atoms with E-state index in [9.17, 15) is 18.0 Å². The van der Waals surface area contributed by atoms with Gasteiger partial charge in [0.25, 0.3) is 5.91 Å². The molecule has 4 N–H and O–H groups in total. The van der Waals surface area contributed by atoms with Crippen molar-refractivity contribution in [1.82, 2.24) is 4.72 Å². The van der Waals surface area contributed by atoms with Crippen LogP contribution in [0.2, 0.25) is 0 Å². The number of anilines is 2. The Hall–Kier alpha value is -3.17. The fourth-order valence-electron chi connectivity index (χ4n) is 3.51. The van der Waals surface area contributed by atoms with Gasteiger partial charge in [-0.25, -0.2) is 13.1 Å². The molecule has 1 heterocycles. The lowest BCUT2D eigenvalue weighted by Gasteiger charge is -2.33. The Labute approximate surface area is 182 Å². The summed E-state index contributed by atoms with van der Waals surface area (Å²) >= 11 is 0. The molecule has 2 aromatic carbocycles. The van der Waals surface area contributed by atoms with Crippen LogP contribution in [0.25, 0.3) is 0 Å². The summed E-state index contributed by atoms with van der Waals surface area (Å²) in [6, 6.07) is 13.2. The van der Waals surface area contributed by atoms with Gasteiger partial charge in [0.1, 0.15) is 0 Å². The Morgan fingerprint density at radius 3 is 2.52 bits per heavy atom. The molecule has 31 heavy (non-hydrogen) atoms. The van der Waals surface area contributed by atoms with Crippen LogP contribution in [-0.4, -0.2) is 39.9 Å². The molecule has 2 aromatic rings. The van der Waals surface area contributed by atoms with Gasteiger partial charge in [-0.1, -0.05) is 24.3 Å². The first-order valence-corrected chi connectivity index (χ1v) is 11.5. The van der Waals surface area contributed by atoms with E-state index in [1.165, 1.54) is 24.3 Å². The number of nitrogens with zero attached hydrogens (tertiary/aromatic N) is 1. The molecule has 0 aromatic heterocycles. The standard InChI is InChI=1S/C22H26N4O4S/c1-2-12-24-31(29,30)18-7-5-6-17(15-18)22(28)25-19-8-3-4-9-20(19)26-13-10-16(11-14-26)21(23)27/h2-9,15-16,24H,1,10-14H2,(H2,23,27)(H,25,28). The SMILES string of the molecule is C=CCNS(=O)(=O)c1cccc(C(=O)Nc2ccccc2N2CCC(C(N)=O)CC2)c1. The smallest absolute Gasteiger partial charge is 0.255 e. The first kappa shape index (κ1) is 22.5. The molecule has 1 saturated heterocycles. The summed E-state index contributed by atoms with van der Waals surface area (Å²) in [6.45, 7) is 4.90. The summed E-state index contributed by atoms with van der Waals surface area (Å²) < 4.78 is 27.0. The van der Waals surface area contributed by atoms with Gasteiger partial charge in [0.15, 0.2) is 0 Å². The molecule has 0 aliphatic carbocycles. The van der Waals surface area contributed by atoms with Crippen molar-refractivity contribution in [3.8, 4) is 0 Å². The van der Waals surface area contributed by atoms with Gasteiger partial charge in [0.05, 0.1) is 16.3 Å². The second-order valence-corrected chi connectivity index (χ2v) is 9.07. The van der Waals surface area contributed by atoms with Gasteiger partial charge < -0.3 is 16.0 Å². The van der Waals surface area contributed by atoms with E-state index in [2.05, 4.69) is 21.5 Å². The van der Waals surface area contributed by atoms with E-state index in [4.69, 9.17) is 5.73 Å². The third-order valence-electron chi connectivity index (χ3n) is 5.21. The van der Waals surface area contributed by atoms with Gasteiger partial charge in [0, 0.05) is 31.1 Å². The molecular weight excluding hydrogens is 416 g/mol. The zero-order valence-corrected chi connectivity index (χ0v) is 17.9. The molecule has 0 saturated carbocycles. The molecule has 0 radical (unpaired) electrons. The first-order chi connectivity index (χ1) is 14.8. The summed E-state index contributed by atoms with van der Waals surface area (Å²) in [5.74, 6) is -0.823. The Bertz CT molecular complexity index is 1080. The van der Waals surface area contributed by atoms with E-state index in [-0.39, 0.29) is 28.8 Å². The van der Waals surface area contributed by atoms with Crippen LogP contribution in [0.15, 0.2) is 66.1 Å². The van der Waals surface area contributed by atoms with Gasteiger partial charge in [-0.15, -0.1) is 6.58 Å². The Balaban J connectivity index is 1.77. The topological polar surface area (TPSA) is 122 Å². The van der Waals surface area contributed by atoms with Crippen LogP contribution in [0.4, 0.5) is 11.4 Å². The molecule has 164 valence electrons. The van der Waals surface area contributed by atoms with Crippen molar-refractivity contribution >= 4 is 33.2 Å². The Morgan fingerprint density at radius 2 is 1.84 bits per heavy atom. The van der Waals surface area contributed by atoms with Crippen molar-refractivity contribution in [2.24, 2.45) is 11.7 Å². The zero-order chi connectivity index (χ0) is 22.4. The number of amides is 2. The summed E-state index contributed by atoms with van der Waals surface area (Å²) in [5, 5.41) is 2.88. The van der Waals surface area contributed by atoms with Gasteiger partial charge in [0.2, 0.25) is 15.9 Å². The summed E-state index contributed by atoms with van der Waals surface area (Å²) in [7, 11) is -3.74. The average Bonchev–Trinajstić information content (AvgIpc) is 2.78. The number of sulfonamides is 1.